The maximum absolute atomic E-state index is 14.7. The van der Waals surface area contributed by atoms with Gasteiger partial charge in [-0.05, 0) is 53.8 Å². The number of amides is 2. The first-order valence-corrected chi connectivity index (χ1v) is 17.6. The van der Waals surface area contributed by atoms with E-state index in [2.05, 4.69) is 5.32 Å². The maximum Gasteiger partial charge on any atom is 0.305 e. The van der Waals surface area contributed by atoms with Crippen molar-refractivity contribution in [3.05, 3.63) is 76.3 Å². The average molecular weight is 753 g/mol. The Morgan fingerprint density at radius 1 is 0.906 bits per heavy atom. The fraction of sp³-hybridized carbons (Fsp3) is 0.450. The first-order valence-electron chi connectivity index (χ1n) is 17.2. The van der Waals surface area contributed by atoms with Crippen molar-refractivity contribution in [3.8, 4) is 17.2 Å². The van der Waals surface area contributed by atoms with E-state index in [9.17, 15) is 19.2 Å². The minimum atomic E-state index is -1.29. The third-order valence-corrected chi connectivity index (χ3v) is 9.42. The molecule has 3 aromatic rings. The van der Waals surface area contributed by atoms with E-state index in [1.54, 1.807) is 53.4 Å². The van der Waals surface area contributed by atoms with Gasteiger partial charge in [-0.25, -0.2) is 0 Å². The van der Waals surface area contributed by atoms with Crippen LogP contribution in [-0.2, 0) is 38.8 Å². The quantitative estimate of drug-likeness (QED) is 0.161. The topological polar surface area (TPSA) is 139 Å². The first-order chi connectivity index (χ1) is 25.0. The molecule has 0 aliphatic carbocycles. The first kappa shape index (κ1) is 41.0. The molecule has 12 nitrogen and oxygen atoms in total. The smallest absolute Gasteiger partial charge is 0.305 e. The number of hydrogen-bond acceptors (Lipinski definition) is 10. The number of halogens is 1. The number of anilines is 2. The van der Waals surface area contributed by atoms with Crippen LogP contribution >= 0.6 is 11.6 Å². The molecule has 0 saturated heterocycles. The monoisotopic (exact) mass is 752 g/mol. The summed E-state index contributed by atoms with van der Waals surface area (Å²) in [4.78, 5) is 53.8. The van der Waals surface area contributed by atoms with Gasteiger partial charge in [0.1, 0.15) is 18.0 Å². The molecule has 1 N–H and O–H groups in total. The normalized spacial score (nSPS) is 15.9. The van der Waals surface area contributed by atoms with Crippen LogP contribution in [0.15, 0.2) is 54.6 Å². The molecule has 0 unspecified atom stereocenters. The molecule has 0 aromatic heterocycles. The Bertz CT molecular complexity index is 1820. The number of carbonyl (C=O) groups excluding carboxylic acids is 4. The summed E-state index contributed by atoms with van der Waals surface area (Å²) in [7, 11) is 5.88. The molecule has 1 heterocycles. The molecule has 1 aliphatic heterocycles. The fourth-order valence-corrected chi connectivity index (χ4v) is 6.44. The van der Waals surface area contributed by atoms with E-state index in [1.807, 2.05) is 33.8 Å². The highest BCUT2D eigenvalue weighted by molar-refractivity contribution is 6.30. The van der Waals surface area contributed by atoms with Gasteiger partial charge in [-0.1, -0.05) is 57.5 Å². The highest BCUT2D eigenvalue weighted by atomic mass is 35.5. The van der Waals surface area contributed by atoms with Gasteiger partial charge in [-0.3, -0.25) is 19.2 Å². The molecule has 2 atom stereocenters. The lowest BCUT2D eigenvalue weighted by Gasteiger charge is -2.33. The number of esters is 2. The summed E-state index contributed by atoms with van der Waals surface area (Å²) in [5, 5.41) is 3.34. The molecular formula is C40H49ClN2O10. The number of hydrogen-bond donors (Lipinski definition) is 1. The maximum atomic E-state index is 14.7. The van der Waals surface area contributed by atoms with Gasteiger partial charge in [0.2, 0.25) is 5.91 Å². The van der Waals surface area contributed by atoms with Crippen molar-refractivity contribution in [2.24, 2.45) is 5.41 Å². The lowest BCUT2D eigenvalue weighted by atomic mass is 9.80. The zero-order chi connectivity index (χ0) is 39.1. The van der Waals surface area contributed by atoms with Crippen molar-refractivity contribution in [3.63, 3.8) is 0 Å². The van der Waals surface area contributed by atoms with E-state index in [-0.39, 0.29) is 32.0 Å². The van der Waals surface area contributed by atoms with Crippen molar-refractivity contribution in [2.45, 2.75) is 71.5 Å². The van der Waals surface area contributed by atoms with Crippen molar-refractivity contribution >= 4 is 46.7 Å². The van der Waals surface area contributed by atoms with Gasteiger partial charge in [0.15, 0.2) is 11.5 Å². The Morgan fingerprint density at radius 2 is 1.62 bits per heavy atom. The minimum absolute atomic E-state index is 0.0420. The fourth-order valence-electron chi connectivity index (χ4n) is 6.26. The van der Waals surface area contributed by atoms with Gasteiger partial charge in [-0.15, -0.1) is 0 Å². The van der Waals surface area contributed by atoms with Gasteiger partial charge >= 0.3 is 11.9 Å². The van der Waals surface area contributed by atoms with Gasteiger partial charge < -0.3 is 38.6 Å². The molecule has 0 spiro atoms. The molecule has 2 amide bonds. The van der Waals surface area contributed by atoms with Crippen LogP contribution in [0, 0.1) is 5.41 Å². The van der Waals surface area contributed by atoms with E-state index in [0.717, 1.165) is 5.56 Å². The molecule has 53 heavy (non-hydrogen) atoms. The van der Waals surface area contributed by atoms with Gasteiger partial charge in [-0.2, -0.15) is 0 Å². The summed E-state index contributed by atoms with van der Waals surface area (Å²) in [5.41, 5.74) is 1.73. The van der Waals surface area contributed by atoms with Crippen LogP contribution in [0.5, 0.6) is 17.2 Å². The second kappa shape index (κ2) is 17.3. The molecule has 4 rings (SSSR count). The van der Waals surface area contributed by atoms with E-state index < -0.39 is 40.8 Å². The summed E-state index contributed by atoms with van der Waals surface area (Å²) in [6, 6.07) is 15.9. The summed E-state index contributed by atoms with van der Waals surface area (Å²) in [6.45, 7) is 9.23. The SMILES string of the molecule is COC(=O)CCC(C)(C)c1ccc(OC)c(NC(=O)C[C@H]2O[C@H](c3cccc(OC)c3OC)c3cc(Cl)ccc3N(CC(C)(C)COC(C)=O)C2=O)c1. The Kier molecular flexibility index (Phi) is 13.4. The van der Waals surface area contributed by atoms with E-state index in [4.69, 9.17) is 40.0 Å². The van der Waals surface area contributed by atoms with Gasteiger partial charge in [0.25, 0.3) is 5.91 Å². The number of ether oxygens (including phenoxy) is 6. The predicted molar refractivity (Wildman–Crippen MR) is 201 cm³/mol. The third kappa shape index (κ3) is 10.00. The number of nitrogens with one attached hydrogen (secondary N) is 1. The van der Waals surface area contributed by atoms with E-state index in [1.165, 1.54) is 35.4 Å². The van der Waals surface area contributed by atoms with Crippen LogP contribution in [0.1, 0.15) is 76.7 Å². The number of benzene rings is 3. The minimum Gasteiger partial charge on any atom is -0.495 e. The molecule has 3 aromatic carbocycles. The number of nitrogens with zero attached hydrogens (tertiary/aromatic N) is 1. The van der Waals surface area contributed by atoms with E-state index in [0.29, 0.717) is 51.2 Å². The number of carbonyl (C=O) groups is 4. The second-order valence-corrected chi connectivity index (χ2v) is 14.7. The van der Waals surface area contributed by atoms with Gasteiger partial charge in [0.05, 0.1) is 47.2 Å². The highest BCUT2D eigenvalue weighted by Gasteiger charge is 2.41. The number of methoxy groups -OCH3 is 4. The van der Waals surface area contributed by atoms with Crippen molar-refractivity contribution in [2.75, 3.05) is 51.8 Å². The molecule has 0 saturated carbocycles. The Balaban J connectivity index is 1.77. The standard InChI is InChI=1S/C40H49ClN2O10/c1-24(44)52-23-39(2,3)22-43-30-15-14-26(41)20-28(30)36(27-11-10-12-32(49-7)37(27)51-9)53-33(38(43)47)21-34(45)42-29-19-25(13-16-31(29)48-6)40(4,5)18-17-35(46)50-8/h10-16,19-20,33,36H,17-18,21-23H2,1-9H3,(H,42,45)/t33-,36-/m1/s1. The van der Waals surface area contributed by atoms with Crippen molar-refractivity contribution in [1.82, 2.24) is 0 Å². The molecule has 286 valence electrons. The van der Waals surface area contributed by atoms with Crippen LogP contribution in [0.4, 0.5) is 11.4 Å². The van der Waals surface area contributed by atoms with Crippen LogP contribution in [0.2, 0.25) is 5.02 Å². The van der Waals surface area contributed by atoms with Crippen molar-refractivity contribution < 1.29 is 47.6 Å². The zero-order valence-corrected chi connectivity index (χ0v) is 32.5. The second-order valence-electron chi connectivity index (χ2n) is 14.3. The molecule has 1 aliphatic rings. The van der Waals surface area contributed by atoms with Crippen LogP contribution < -0.4 is 24.4 Å². The number of para-hydroxylation sites is 1. The zero-order valence-electron chi connectivity index (χ0n) is 31.8. The summed E-state index contributed by atoms with van der Waals surface area (Å²) >= 11 is 6.57. The Morgan fingerprint density at radius 3 is 2.26 bits per heavy atom. The lowest BCUT2D eigenvalue weighted by molar-refractivity contribution is -0.144. The van der Waals surface area contributed by atoms with E-state index >= 15 is 0 Å². The Labute approximate surface area is 316 Å². The number of fused-ring (bicyclic) bond motifs is 1. The Hall–Kier alpha value is -4.81. The highest BCUT2D eigenvalue weighted by Crippen LogP contribution is 2.46. The third-order valence-electron chi connectivity index (χ3n) is 9.18. The summed E-state index contributed by atoms with van der Waals surface area (Å²) < 4.78 is 33.8. The molecule has 0 bridgehead atoms. The summed E-state index contributed by atoms with van der Waals surface area (Å²) in [5.74, 6) is -0.495. The average Bonchev–Trinajstić information content (AvgIpc) is 3.22. The molecule has 0 radical (unpaired) electrons. The largest absolute Gasteiger partial charge is 0.495 e. The predicted octanol–water partition coefficient (Wildman–Crippen LogP) is 7.04. The molecule has 0 fully saturated rings. The van der Waals surface area contributed by atoms with Gasteiger partial charge in [0, 0.05) is 47.1 Å². The molecular weight excluding hydrogens is 704 g/mol. The lowest BCUT2D eigenvalue weighted by Crippen LogP contribution is -2.46. The number of rotatable bonds is 15. The van der Waals surface area contributed by atoms with Crippen LogP contribution in [0.3, 0.4) is 0 Å². The summed E-state index contributed by atoms with van der Waals surface area (Å²) in [6.07, 6.45) is -1.86. The van der Waals surface area contributed by atoms with Crippen molar-refractivity contribution in [1.29, 1.82) is 0 Å². The molecule has 13 heteroatoms. The van der Waals surface area contributed by atoms with Crippen LogP contribution in [-0.4, -0.2) is 71.4 Å². The van der Waals surface area contributed by atoms with Crippen LogP contribution in [0.25, 0.3) is 0 Å².